The Kier molecular flexibility index (Phi) is 5.71. The van der Waals surface area contributed by atoms with Gasteiger partial charge in [0.2, 0.25) is 0 Å². The monoisotopic (exact) mass is 384 g/mol. The highest BCUT2D eigenvalue weighted by atomic mass is 32.2. The average molecular weight is 384 g/mol. The number of carbonyl (C=O) groups is 1. The highest BCUT2D eigenvalue weighted by molar-refractivity contribution is 8.03. The van der Waals surface area contributed by atoms with Crippen LogP contribution in [0.25, 0.3) is 17.2 Å². The van der Waals surface area contributed by atoms with E-state index in [4.69, 9.17) is 4.42 Å². The van der Waals surface area contributed by atoms with E-state index in [1.165, 1.54) is 6.08 Å². The fourth-order valence-electron chi connectivity index (χ4n) is 2.70. The van der Waals surface area contributed by atoms with Gasteiger partial charge in [-0.05, 0) is 56.0 Å². The van der Waals surface area contributed by atoms with Crippen molar-refractivity contribution in [2.75, 3.05) is 18.0 Å². The van der Waals surface area contributed by atoms with Gasteiger partial charge in [0, 0.05) is 30.4 Å². The van der Waals surface area contributed by atoms with Crippen LogP contribution < -0.4 is 4.90 Å². The summed E-state index contributed by atoms with van der Waals surface area (Å²) in [7, 11) is 0. The Hall–Kier alpha value is -2.93. The first kappa shape index (κ1) is 18.8. The van der Waals surface area contributed by atoms with E-state index in [1.807, 2.05) is 32.0 Å². The molecule has 2 aromatic carbocycles. The minimum Gasteiger partial charge on any atom is -0.507 e. The predicted octanol–water partition coefficient (Wildman–Crippen LogP) is 4.60. The summed E-state index contributed by atoms with van der Waals surface area (Å²) in [6.45, 7) is 5.71. The number of oxazole rings is 1. The van der Waals surface area contributed by atoms with Gasteiger partial charge in [-0.2, -0.15) is 0 Å². The van der Waals surface area contributed by atoms with Crippen LogP contribution in [0, 0.1) is 0 Å². The number of aromatic nitrogens is 1. The van der Waals surface area contributed by atoms with E-state index in [1.54, 1.807) is 24.3 Å². The molecule has 2 N–H and O–H groups in total. The molecule has 0 aliphatic rings. The van der Waals surface area contributed by atoms with Gasteiger partial charge in [-0.1, -0.05) is 12.1 Å². The summed E-state index contributed by atoms with van der Waals surface area (Å²) in [6.07, 6.45) is 1.42. The SMILES string of the molecule is CCN(CC)c1ccc(/C=C(\Sc2nc3ccccc3o2)C(=O)O)c(O)c1. The third-order valence-corrected chi connectivity index (χ3v) is 4.97. The van der Waals surface area contributed by atoms with Crippen molar-refractivity contribution in [2.24, 2.45) is 0 Å². The van der Waals surface area contributed by atoms with Crippen LogP contribution in [0.5, 0.6) is 5.75 Å². The van der Waals surface area contributed by atoms with Crippen molar-refractivity contribution in [3.63, 3.8) is 0 Å². The molecule has 0 atom stereocenters. The standard InChI is InChI=1S/C20H20N2O4S/c1-3-22(4-2)14-10-9-13(16(23)12-14)11-18(19(24)25)27-20-21-15-7-5-6-8-17(15)26-20/h5-12,23H,3-4H2,1-2H3,(H,24,25)/b18-11-. The molecule has 3 rings (SSSR count). The van der Waals surface area contributed by atoms with Gasteiger partial charge in [-0.25, -0.2) is 9.78 Å². The average Bonchev–Trinajstić information content (AvgIpc) is 3.06. The van der Waals surface area contributed by atoms with E-state index in [9.17, 15) is 15.0 Å². The highest BCUT2D eigenvalue weighted by Crippen LogP contribution is 2.33. The van der Waals surface area contributed by atoms with Crippen LogP contribution >= 0.6 is 11.8 Å². The number of phenolic OH excluding ortho intramolecular Hbond substituents is 1. The van der Waals surface area contributed by atoms with Gasteiger partial charge in [-0.3, -0.25) is 0 Å². The second-order valence-corrected chi connectivity index (χ2v) is 6.77. The lowest BCUT2D eigenvalue weighted by Gasteiger charge is -2.21. The first-order valence-electron chi connectivity index (χ1n) is 8.58. The molecule has 0 saturated heterocycles. The molecular weight excluding hydrogens is 364 g/mol. The third-order valence-electron chi connectivity index (χ3n) is 4.11. The largest absolute Gasteiger partial charge is 0.507 e. The normalized spacial score (nSPS) is 11.7. The molecule has 7 heteroatoms. The van der Waals surface area contributed by atoms with Gasteiger partial charge in [0.05, 0.1) is 0 Å². The number of carboxylic acid groups (broad SMARTS) is 1. The minimum atomic E-state index is -1.12. The second-order valence-electron chi connectivity index (χ2n) is 5.78. The molecular formula is C20H20N2O4S. The number of carboxylic acids is 1. The van der Waals surface area contributed by atoms with Crippen LogP contribution in [0.2, 0.25) is 0 Å². The molecule has 0 amide bonds. The van der Waals surface area contributed by atoms with E-state index in [2.05, 4.69) is 9.88 Å². The molecule has 27 heavy (non-hydrogen) atoms. The van der Waals surface area contributed by atoms with Crippen molar-refractivity contribution in [2.45, 2.75) is 19.1 Å². The molecule has 6 nitrogen and oxygen atoms in total. The first-order valence-corrected chi connectivity index (χ1v) is 9.39. The van der Waals surface area contributed by atoms with Gasteiger partial charge in [-0.15, -0.1) is 0 Å². The Bertz CT molecular complexity index is 960. The van der Waals surface area contributed by atoms with Crippen LogP contribution in [0.3, 0.4) is 0 Å². The zero-order valence-electron chi connectivity index (χ0n) is 15.0. The molecule has 0 fully saturated rings. The number of nitrogens with zero attached hydrogens (tertiary/aromatic N) is 2. The zero-order valence-corrected chi connectivity index (χ0v) is 15.9. The quantitative estimate of drug-likeness (QED) is 0.455. The molecule has 0 aliphatic carbocycles. The van der Waals surface area contributed by atoms with Crippen molar-refractivity contribution in [3.8, 4) is 5.75 Å². The summed E-state index contributed by atoms with van der Waals surface area (Å²) in [5.74, 6) is -1.09. The van der Waals surface area contributed by atoms with E-state index >= 15 is 0 Å². The van der Waals surface area contributed by atoms with E-state index in [-0.39, 0.29) is 15.9 Å². The maximum Gasteiger partial charge on any atom is 0.342 e. The molecule has 140 valence electrons. The lowest BCUT2D eigenvalue weighted by molar-refractivity contribution is -0.131. The molecule has 1 aromatic heterocycles. The lowest BCUT2D eigenvalue weighted by Crippen LogP contribution is -2.21. The van der Waals surface area contributed by atoms with E-state index in [0.29, 0.717) is 16.7 Å². The molecule has 1 heterocycles. The Morgan fingerprint density at radius 2 is 1.96 bits per heavy atom. The van der Waals surface area contributed by atoms with Gasteiger partial charge >= 0.3 is 5.97 Å². The van der Waals surface area contributed by atoms with E-state index < -0.39 is 5.97 Å². The number of anilines is 1. The number of aliphatic carboxylic acids is 1. The zero-order chi connectivity index (χ0) is 19.4. The third kappa shape index (κ3) is 4.25. The molecule has 0 unspecified atom stereocenters. The van der Waals surface area contributed by atoms with Crippen LogP contribution in [0.1, 0.15) is 19.4 Å². The number of fused-ring (bicyclic) bond motifs is 1. The maximum atomic E-state index is 11.7. The maximum absolute atomic E-state index is 11.7. The first-order chi connectivity index (χ1) is 13.0. The van der Waals surface area contributed by atoms with Gasteiger partial charge in [0.25, 0.3) is 5.22 Å². The summed E-state index contributed by atoms with van der Waals surface area (Å²) in [5.41, 5.74) is 2.57. The van der Waals surface area contributed by atoms with Gasteiger partial charge in [0.1, 0.15) is 16.2 Å². The number of aromatic hydroxyl groups is 1. The number of hydrogen-bond donors (Lipinski definition) is 2. The summed E-state index contributed by atoms with van der Waals surface area (Å²) >= 11 is 0.908. The number of phenols is 1. The molecule has 0 aliphatic heterocycles. The van der Waals surface area contributed by atoms with Gasteiger partial charge < -0.3 is 19.5 Å². The van der Waals surface area contributed by atoms with Crippen molar-refractivity contribution in [3.05, 3.63) is 52.9 Å². The van der Waals surface area contributed by atoms with Crippen molar-refractivity contribution in [1.29, 1.82) is 0 Å². The lowest BCUT2D eigenvalue weighted by atomic mass is 10.1. The van der Waals surface area contributed by atoms with Crippen molar-refractivity contribution >= 4 is 40.6 Å². The van der Waals surface area contributed by atoms with Crippen LogP contribution in [-0.4, -0.2) is 34.3 Å². The summed E-state index contributed by atoms with van der Waals surface area (Å²) in [4.78, 5) is 18.0. The summed E-state index contributed by atoms with van der Waals surface area (Å²) in [6, 6.07) is 12.4. The summed E-state index contributed by atoms with van der Waals surface area (Å²) < 4.78 is 5.57. The number of thioether (sulfide) groups is 1. The highest BCUT2D eigenvalue weighted by Gasteiger charge is 2.16. The second kappa shape index (κ2) is 8.18. The minimum absolute atomic E-state index is 0.00689. The Labute approximate surface area is 161 Å². The predicted molar refractivity (Wildman–Crippen MR) is 107 cm³/mol. The van der Waals surface area contributed by atoms with Crippen molar-refractivity contribution < 1.29 is 19.4 Å². The number of rotatable bonds is 7. The Balaban J connectivity index is 1.90. The fraction of sp³-hybridized carbons (Fsp3) is 0.200. The van der Waals surface area contributed by atoms with Gasteiger partial charge in [0.15, 0.2) is 5.58 Å². The smallest absolute Gasteiger partial charge is 0.342 e. The topological polar surface area (TPSA) is 86.8 Å². The van der Waals surface area contributed by atoms with Crippen LogP contribution in [0.15, 0.2) is 57.0 Å². The molecule has 0 saturated carbocycles. The van der Waals surface area contributed by atoms with Crippen LogP contribution in [-0.2, 0) is 4.79 Å². The van der Waals surface area contributed by atoms with E-state index in [0.717, 1.165) is 30.5 Å². The van der Waals surface area contributed by atoms with Crippen LogP contribution in [0.4, 0.5) is 5.69 Å². The van der Waals surface area contributed by atoms with Crippen molar-refractivity contribution in [1.82, 2.24) is 4.98 Å². The number of para-hydroxylation sites is 2. The summed E-state index contributed by atoms with van der Waals surface area (Å²) in [5, 5.41) is 20.1. The molecule has 0 spiro atoms. The fourth-order valence-corrected chi connectivity index (χ4v) is 3.44. The molecule has 0 bridgehead atoms. The Morgan fingerprint density at radius 3 is 2.59 bits per heavy atom. The number of hydrogen-bond acceptors (Lipinski definition) is 6. The Morgan fingerprint density at radius 1 is 1.22 bits per heavy atom. The molecule has 3 aromatic rings. The number of benzene rings is 2. The molecule has 0 radical (unpaired) electrons.